The first kappa shape index (κ1) is 13.0. The van der Waals surface area contributed by atoms with Crippen LogP contribution < -0.4 is 0 Å². The van der Waals surface area contributed by atoms with Crippen LogP contribution in [0.5, 0.6) is 0 Å². The van der Waals surface area contributed by atoms with E-state index in [1.165, 1.54) is 12.8 Å². The minimum atomic E-state index is 0.415. The molecule has 0 bridgehead atoms. The second-order valence-corrected chi connectivity index (χ2v) is 5.46. The lowest BCUT2D eigenvalue weighted by atomic mass is 9.93. The Balaban J connectivity index is 3.09. The highest BCUT2D eigenvalue weighted by Gasteiger charge is 2.08. The smallest absolute Gasteiger partial charge is 0.0471 e. The molecule has 13 heavy (non-hydrogen) atoms. The molecule has 0 aliphatic heterocycles. The van der Waals surface area contributed by atoms with Crippen molar-refractivity contribution in [2.24, 2.45) is 11.3 Å². The Bertz CT molecular complexity index is 111. The summed E-state index contributed by atoms with van der Waals surface area (Å²) in [4.78, 5) is 0. The largest absolute Gasteiger partial charge is 0.381 e. The van der Waals surface area contributed by atoms with Crippen LogP contribution >= 0.6 is 0 Å². The molecular formula is C12H26O. The van der Waals surface area contributed by atoms with Gasteiger partial charge in [0.15, 0.2) is 0 Å². The van der Waals surface area contributed by atoms with Crippen LogP contribution in [0.1, 0.15) is 53.9 Å². The van der Waals surface area contributed by atoms with E-state index in [2.05, 4.69) is 34.6 Å². The highest BCUT2D eigenvalue weighted by atomic mass is 16.5. The maximum atomic E-state index is 5.56. The summed E-state index contributed by atoms with van der Waals surface area (Å²) in [6, 6.07) is 0. The summed E-state index contributed by atoms with van der Waals surface area (Å²) in [6.45, 7) is 13.1. The van der Waals surface area contributed by atoms with E-state index in [1.807, 2.05) is 0 Å². The van der Waals surface area contributed by atoms with E-state index in [9.17, 15) is 0 Å². The zero-order chi connectivity index (χ0) is 10.3. The number of ether oxygens (including phenoxy) is 1. The average Bonchev–Trinajstić information content (AvgIpc) is 1.93. The molecule has 80 valence electrons. The van der Waals surface area contributed by atoms with Gasteiger partial charge < -0.3 is 4.74 Å². The van der Waals surface area contributed by atoms with Crippen LogP contribution in [0.3, 0.4) is 0 Å². The van der Waals surface area contributed by atoms with Crippen molar-refractivity contribution in [1.29, 1.82) is 0 Å². The molecule has 0 aromatic heterocycles. The Hall–Kier alpha value is -0.0400. The lowest BCUT2D eigenvalue weighted by Gasteiger charge is -2.17. The van der Waals surface area contributed by atoms with Gasteiger partial charge >= 0.3 is 0 Å². The zero-order valence-electron chi connectivity index (χ0n) is 10.0. The Kier molecular flexibility index (Phi) is 6.40. The SMILES string of the molecule is CC(C)CCCOCCC(C)(C)C. The van der Waals surface area contributed by atoms with E-state index in [4.69, 9.17) is 4.74 Å². The van der Waals surface area contributed by atoms with Crippen LogP contribution in [0.15, 0.2) is 0 Å². The maximum Gasteiger partial charge on any atom is 0.0471 e. The summed E-state index contributed by atoms with van der Waals surface area (Å²) < 4.78 is 5.56. The summed E-state index contributed by atoms with van der Waals surface area (Å²) in [5, 5.41) is 0. The molecule has 0 unspecified atom stereocenters. The molecule has 0 aromatic carbocycles. The Morgan fingerprint density at radius 3 is 2.15 bits per heavy atom. The monoisotopic (exact) mass is 186 g/mol. The van der Waals surface area contributed by atoms with Crippen molar-refractivity contribution in [1.82, 2.24) is 0 Å². The number of rotatable bonds is 6. The van der Waals surface area contributed by atoms with E-state index in [0.717, 1.165) is 25.6 Å². The molecule has 0 rings (SSSR count). The quantitative estimate of drug-likeness (QED) is 0.572. The van der Waals surface area contributed by atoms with E-state index in [0.29, 0.717) is 5.41 Å². The highest BCUT2D eigenvalue weighted by Crippen LogP contribution is 2.17. The molecule has 0 N–H and O–H groups in total. The first-order valence-corrected chi connectivity index (χ1v) is 5.49. The Morgan fingerprint density at radius 2 is 1.69 bits per heavy atom. The molecule has 0 aromatic rings. The maximum absolute atomic E-state index is 5.56. The number of hydrogen-bond acceptors (Lipinski definition) is 1. The fourth-order valence-corrected chi connectivity index (χ4v) is 1.07. The minimum absolute atomic E-state index is 0.415. The lowest BCUT2D eigenvalue weighted by Crippen LogP contribution is -2.10. The van der Waals surface area contributed by atoms with Crippen molar-refractivity contribution in [3.8, 4) is 0 Å². The first-order valence-electron chi connectivity index (χ1n) is 5.49. The second kappa shape index (κ2) is 6.42. The van der Waals surface area contributed by atoms with Crippen molar-refractivity contribution >= 4 is 0 Å². The van der Waals surface area contributed by atoms with Gasteiger partial charge in [-0.1, -0.05) is 34.6 Å². The molecule has 1 heteroatoms. The van der Waals surface area contributed by atoms with Gasteiger partial charge in [0.1, 0.15) is 0 Å². The molecule has 0 amide bonds. The van der Waals surface area contributed by atoms with Crippen molar-refractivity contribution in [2.45, 2.75) is 53.9 Å². The summed E-state index contributed by atoms with van der Waals surface area (Å²) in [5.41, 5.74) is 0.415. The van der Waals surface area contributed by atoms with E-state index in [-0.39, 0.29) is 0 Å². The van der Waals surface area contributed by atoms with Gasteiger partial charge in [-0.15, -0.1) is 0 Å². The third kappa shape index (κ3) is 12.0. The van der Waals surface area contributed by atoms with Crippen molar-refractivity contribution < 1.29 is 4.74 Å². The van der Waals surface area contributed by atoms with E-state index in [1.54, 1.807) is 0 Å². The molecule has 0 atom stereocenters. The topological polar surface area (TPSA) is 9.23 Å². The van der Waals surface area contributed by atoms with Gasteiger partial charge in [0.25, 0.3) is 0 Å². The molecule has 0 radical (unpaired) electrons. The van der Waals surface area contributed by atoms with Crippen LogP contribution in [0.25, 0.3) is 0 Å². The molecule has 0 aliphatic carbocycles. The number of hydrogen-bond donors (Lipinski definition) is 0. The predicted octanol–water partition coefficient (Wildman–Crippen LogP) is 3.88. The summed E-state index contributed by atoms with van der Waals surface area (Å²) in [7, 11) is 0. The molecule has 1 nitrogen and oxygen atoms in total. The third-order valence-corrected chi connectivity index (χ3v) is 2.07. The normalized spacial score (nSPS) is 12.5. The van der Waals surface area contributed by atoms with Gasteiger partial charge in [-0.05, 0) is 30.6 Å². The second-order valence-electron chi connectivity index (χ2n) is 5.46. The summed E-state index contributed by atoms with van der Waals surface area (Å²) in [5.74, 6) is 0.811. The molecule has 0 heterocycles. The lowest BCUT2D eigenvalue weighted by molar-refractivity contribution is 0.103. The van der Waals surface area contributed by atoms with Crippen molar-refractivity contribution in [2.75, 3.05) is 13.2 Å². The summed E-state index contributed by atoms with van der Waals surface area (Å²) >= 11 is 0. The standard InChI is InChI=1S/C12H26O/c1-11(2)7-6-9-13-10-8-12(3,4)5/h11H,6-10H2,1-5H3. The molecule has 0 aliphatic rings. The fraction of sp³-hybridized carbons (Fsp3) is 1.00. The first-order chi connectivity index (χ1) is 5.92. The Morgan fingerprint density at radius 1 is 1.08 bits per heavy atom. The average molecular weight is 186 g/mol. The fourth-order valence-electron chi connectivity index (χ4n) is 1.07. The molecule has 0 saturated carbocycles. The Labute approximate surface area is 83.9 Å². The van der Waals surface area contributed by atoms with Crippen LogP contribution in [-0.2, 0) is 4.74 Å². The van der Waals surface area contributed by atoms with Crippen LogP contribution in [0, 0.1) is 11.3 Å². The predicted molar refractivity (Wildman–Crippen MR) is 59.0 cm³/mol. The highest BCUT2D eigenvalue weighted by molar-refractivity contribution is 4.59. The minimum Gasteiger partial charge on any atom is -0.381 e. The van der Waals surface area contributed by atoms with Crippen LogP contribution in [-0.4, -0.2) is 13.2 Å². The van der Waals surface area contributed by atoms with E-state index >= 15 is 0 Å². The zero-order valence-corrected chi connectivity index (χ0v) is 10.0. The molecule has 0 spiro atoms. The van der Waals surface area contributed by atoms with Crippen molar-refractivity contribution in [3.63, 3.8) is 0 Å². The van der Waals surface area contributed by atoms with Gasteiger partial charge in [-0.2, -0.15) is 0 Å². The van der Waals surface area contributed by atoms with E-state index < -0.39 is 0 Å². The van der Waals surface area contributed by atoms with Gasteiger partial charge in [-0.25, -0.2) is 0 Å². The third-order valence-electron chi connectivity index (χ3n) is 2.07. The molecular weight excluding hydrogens is 160 g/mol. The van der Waals surface area contributed by atoms with Crippen LogP contribution in [0.2, 0.25) is 0 Å². The van der Waals surface area contributed by atoms with Crippen LogP contribution in [0.4, 0.5) is 0 Å². The van der Waals surface area contributed by atoms with Gasteiger partial charge in [0.2, 0.25) is 0 Å². The van der Waals surface area contributed by atoms with Gasteiger partial charge in [0.05, 0.1) is 0 Å². The van der Waals surface area contributed by atoms with Crippen molar-refractivity contribution in [3.05, 3.63) is 0 Å². The molecule has 0 fully saturated rings. The molecule has 0 saturated heterocycles. The van der Waals surface area contributed by atoms with Gasteiger partial charge in [0, 0.05) is 13.2 Å². The summed E-state index contributed by atoms with van der Waals surface area (Å²) in [6.07, 6.45) is 3.66. The van der Waals surface area contributed by atoms with Gasteiger partial charge in [-0.3, -0.25) is 0 Å².